The minimum absolute atomic E-state index is 0.133. The molecule has 0 heterocycles. The van der Waals surface area contributed by atoms with E-state index >= 15 is 0 Å². The van der Waals surface area contributed by atoms with Crippen molar-refractivity contribution < 1.29 is 4.39 Å². The molecule has 0 spiro atoms. The standard InChI is InChI=1S/C15H19F/c1-11-4-5-13(16)10-14(11)12-6-8-15(2,3)9-7-12/h4-6,10H,7-9H2,1-3H3. The third kappa shape index (κ3) is 2.34. The van der Waals surface area contributed by atoms with Crippen LogP contribution >= 0.6 is 0 Å². The zero-order chi connectivity index (χ0) is 11.8. The van der Waals surface area contributed by atoms with E-state index in [0.717, 1.165) is 18.4 Å². The Morgan fingerprint density at radius 2 is 2.00 bits per heavy atom. The summed E-state index contributed by atoms with van der Waals surface area (Å²) in [6.45, 7) is 6.63. The molecule has 16 heavy (non-hydrogen) atoms. The molecule has 0 saturated heterocycles. The summed E-state index contributed by atoms with van der Waals surface area (Å²) in [4.78, 5) is 0. The summed E-state index contributed by atoms with van der Waals surface area (Å²) >= 11 is 0. The molecule has 0 radical (unpaired) electrons. The molecule has 86 valence electrons. The van der Waals surface area contributed by atoms with Crippen LogP contribution in [0.25, 0.3) is 5.57 Å². The highest BCUT2D eigenvalue weighted by molar-refractivity contribution is 5.69. The van der Waals surface area contributed by atoms with Gasteiger partial charge in [-0.3, -0.25) is 0 Å². The van der Waals surface area contributed by atoms with Gasteiger partial charge in [-0.1, -0.05) is 26.0 Å². The van der Waals surface area contributed by atoms with Crippen LogP contribution in [0.5, 0.6) is 0 Å². The minimum Gasteiger partial charge on any atom is -0.207 e. The molecule has 1 aromatic carbocycles. The number of rotatable bonds is 1. The van der Waals surface area contributed by atoms with E-state index in [1.807, 2.05) is 6.07 Å². The molecule has 0 atom stereocenters. The lowest BCUT2D eigenvalue weighted by Gasteiger charge is -2.29. The number of hydrogen-bond acceptors (Lipinski definition) is 0. The lowest BCUT2D eigenvalue weighted by Crippen LogP contribution is -2.14. The Bertz CT molecular complexity index is 427. The van der Waals surface area contributed by atoms with Gasteiger partial charge in [-0.15, -0.1) is 0 Å². The van der Waals surface area contributed by atoms with Gasteiger partial charge in [-0.2, -0.15) is 0 Å². The van der Waals surface area contributed by atoms with Crippen molar-refractivity contribution in [1.29, 1.82) is 0 Å². The van der Waals surface area contributed by atoms with E-state index in [4.69, 9.17) is 0 Å². The number of benzene rings is 1. The van der Waals surface area contributed by atoms with Gasteiger partial charge in [0.1, 0.15) is 5.82 Å². The second-order valence-electron chi connectivity index (χ2n) is 5.56. The van der Waals surface area contributed by atoms with E-state index in [9.17, 15) is 4.39 Å². The first-order valence-corrected chi connectivity index (χ1v) is 5.93. The Balaban J connectivity index is 2.32. The molecule has 2 rings (SSSR count). The quantitative estimate of drug-likeness (QED) is 0.639. The van der Waals surface area contributed by atoms with Crippen molar-refractivity contribution in [2.75, 3.05) is 0 Å². The Labute approximate surface area is 97.2 Å². The van der Waals surface area contributed by atoms with Gasteiger partial charge in [0, 0.05) is 0 Å². The van der Waals surface area contributed by atoms with E-state index in [1.54, 1.807) is 6.07 Å². The van der Waals surface area contributed by atoms with Crippen LogP contribution in [0.1, 0.15) is 44.2 Å². The summed E-state index contributed by atoms with van der Waals surface area (Å²) in [5.74, 6) is -0.133. The Morgan fingerprint density at radius 3 is 2.62 bits per heavy atom. The van der Waals surface area contributed by atoms with Crippen molar-refractivity contribution in [2.45, 2.75) is 40.0 Å². The molecular weight excluding hydrogens is 199 g/mol. The summed E-state index contributed by atoms with van der Waals surface area (Å²) in [6.07, 6.45) is 5.63. The maximum Gasteiger partial charge on any atom is 0.123 e. The average molecular weight is 218 g/mol. The largest absolute Gasteiger partial charge is 0.207 e. The molecule has 0 N–H and O–H groups in total. The molecule has 1 heteroatoms. The molecule has 0 aromatic heterocycles. The molecule has 0 nitrogen and oxygen atoms in total. The third-order valence-corrected chi connectivity index (χ3v) is 3.52. The van der Waals surface area contributed by atoms with Crippen LogP contribution in [0.2, 0.25) is 0 Å². The van der Waals surface area contributed by atoms with E-state index in [0.29, 0.717) is 5.41 Å². The Morgan fingerprint density at radius 1 is 1.25 bits per heavy atom. The Kier molecular flexibility index (Phi) is 2.88. The SMILES string of the molecule is Cc1ccc(F)cc1C1=CCC(C)(C)CC1. The summed E-state index contributed by atoms with van der Waals surface area (Å²) in [6, 6.07) is 5.07. The van der Waals surface area contributed by atoms with Crippen molar-refractivity contribution in [1.82, 2.24) is 0 Å². The predicted molar refractivity (Wildman–Crippen MR) is 66.7 cm³/mol. The molecule has 1 aliphatic rings. The lowest BCUT2D eigenvalue weighted by atomic mass is 9.76. The van der Waals surface area contributed by atoms with Gasteiger partial charge < -0.3 is 0 Å². The number of aryl methyl sites for hydroxylation is 1. The molecule has 0 saturated carbocycles. The van der Waals surface area contributed by atoms with Crippen molar-refractivity contribution in [3.05, 3.63) is 41.2 Å². The Hall–Kier alpha value is -1.11. The van der Waals surface area contributed by atoms with Crippen molar-refractivity contribution in [3.8, 4) is 0 Å². The molecule has 0 fully saturated rings. The van der Waals surface area contributed by atoms with Crippen molar-refractivity contribution >= 4 is 5.57 Å². The first kappa shape index (κ1) is 11.4. The van der Waals surface area contributed by atoms with Crippen LogP contribution in [0, 0.1) is 18.2 Å². The van der Waals surface area contributed by atoms with Crippen LogP contribution in [-0.2, 0) is 0 Å². The molecule has 0 amide bonds. The van der Waals surface area contributed by atoms with Gasteiger partial charge in [0.25, 0.3) is 0 Å². The summed E-state index contributed by atoms with van der Waals surface area (Å²) < 4.78 is 13.2. The van der Waals surface area contributed by atoms with Gasteiger partial charge in [0.15, 0.2) is 0 Å². The van der Waals surface area contributed by atoms with Crippen LogP contribution in [-0.4, -0.2) is 0 Å². The second kappa shape index (κ2) is 4.04. The van der Waals surface area contributed by atoms with Crippen molar-refractivity contribution in [3.63, 3.8) is 0 Å². The highest BCUT2D eigenvalue weighted by Gasteiger charge is 2.22. The van der Waals surface area contributed by atoms with E-state index in [1.165, 1.54) is 23.6 Å². The molecule has 1 aromatic rings. The summed E-state index contributed by atoms with van der Waals surface area (Å²) in [5.41, 5.74) is 3.99. The van der Waals surface area contributed by atoms with E-state index < -0.39 is 0 Å². The topological polar surface area (TPSA) is 0 Å². The molecule has 0 aliphatic heterocycles. The van der Waals surface area contributed by atoms with E-state index in [-0.39, 0.29) is 5.82 Å². The fourth-order valence-corrected chi connectivity index (χ4v) is 2.26. The maximum atomic E-state index is 13.2. The van der Waals surface area contributed by atoms with Crippen LogP contribution in [0.3, 0.4) is 0 Å². The van der Waals surface area contributed by atoms with Gasteiger partial charge in [0.05, 0.1) is 0 Å². The zero-order valence-corrected chi connectivity index (χ0v) is 10.3. The van der Waals surface area contributed by atoms with Gasteiger partial charge in [-0.05, 0) is 60.4 Å². The molecule has 1 aliphatic carbocycles. The minimum atomic E-state index is -0.133. The highest BCUT2D eigenvalue weighted by Crippen LogP contribution is 2.38. The number of allylic oxidation sites excluding steroid dienone is 2. The fourth-order valence-electron chi connectivity index (χ4n) is 2.26. The van der Waals surface area contributed by atoms with Crippen LogP contribution in [0.15, 0.2) is 24.3 Å². The van der Waals surface area contributed by atoms with Gasteiger partial charge >= 0.3 is 0 Å². The molecule has 0 bridgehead atoms. The first-order chi connectivity index (χ1) is 7.48. The third-order valence-electron chi connectivity index (χ3n) is 3.52. The van der Waals surface area contributed by atoms with Crippen LogP contribution < -0.4 is 0 Å². The van der Waals surface area contributed by atoms with Crippen LogP contribution in [0.4, 0.5) is 4.39 Å². The predicted octanol–water partition coefficient (Wildman–Crippen LogP) is 4.73. The lowest BCUT2D eigenvalue weighted by molar-refractivity contribution is 0.335. The fraction of sp³-hybridized carbons (Fsp3) is 0.467. The summed E-state index contributed by atoms with van der Waals surface area (Å²) in [5, 5.41) is 0. The second-order valence-corrected chi connectivity index (χ2v) is 5.56. The first-order valence-electron chi connectivity index (χ1n) is 5.93. The normalized spacial score (nSPS) is 19.4. The molecule has 0 unspecified atom stereocenters. The van der Waals surface area contributed by atoms with E-state index in [2.05, 4.69) is 26.8 Å². The maximum absolute atomic E-state index is 13.2. The van der Waals surface area contributed by atoms with Crippen molar-refractivity contribution in [2.24, 2.45) is 5.41 Å². The smallest absolute Gasteiger partial charge is 0.123 e. The summed E-state index contributed by atoms with van der Waals surface area (Å²) in [7, 11) is 0. The highest BCUT2D eigenvalue weighted by atomic mass is 19.1. The number of halogens is 1. The average Bonchev–Trinajstić information content (AvgIpc) is 2.22. The zero-order valence-electron chi connectivity index (χ0n) is 10.3. The van der Waals surface area contributed by atoms with Gasteiger partial charge in [-0.25, -0.2) is 4.39 Å². The van der Waals surface area contributed by atoms with Gasteiger partial charge in [0.2, 0.25) is 0 Å². The monoisotopic (exact) mass is 218 g/mol. The number of hydrogen-bond donors (Lipinski definition) is 0. The molecular formula is C15H19F.